The summed E-state index contributed by atoms with van der Waals surface area (Å²) in [5.74, 6) is 0.982. The first-order chi connectivity index (χ1) is 13.6. The third kappa shape index (κ3) is 3.22. The smallest absolute Gasteiger partial charge is 0.259 e. The Kier molecular flexibility index (Phi) is 4.77. The molecule has 2 heterocycles. The molecule has 0 fully saturated rings. The molecule has 2 aromatic rings. The van der Waals surface area contributed by atoms with Crippen LogP contribution in [0.25, 0.3) is 5.70 Å². The number of hydrogen-bond acceptors (Lipinski definition) is 4. The van der Waals surface area contributed by atoms with Gasteiger partial charge in [0, 0.05) is 16.8 Å². The van der Waals surface area contributed by atoms with E-state index in [9.17, 15) is 9.59 Å². The van der Waals surface area contributed by atoms with E-state index in [2.05, 4.69) is 11.9 Å². The summed E-state index contributed by atoms with van der Waals surface area (Å²) >= 11 is 0. The first kappa shape index (κ1) is 18.1. The Labute approximate surface area is 163 Å². The van der Waals surface area contributed by atoms with Gasteiger partial charge in [-0.05, 0) is 30.2 Å². The number of ether oxygens (including phenoxy) is 2. The van der Waals surface area contributed by atoms with E-state index in [0.717, 1.165) is 11.1 Å². The van der Waals surface area contributed by atoms with Gasteiger partial charge in [-0.2, -0.15) is 0 Å². The molecule has 2 aliphatic heterocycles. The van der Waals surface area contributed by atoms with Crippen LogP contribution in [0, 0.1) is 0 Å². The van der Waals surface area contributed by atoms with E-state index in [1.165, 1.54) is 4.90 Å². The summed E-state index contributed by atoms with van der Waals surface area (Å²) in [6.45, 7) is 6.97. The molecule has 0 radical (unpaired) electrons. The van der Waals surface area contributed by atoms with Crippen LogP contribution in [0.4, 0.5) is 0 Å². The number of carbonyl (C=O) groups is 2. The second-order valence-electron chi connectivity index (χ2n) is 6.82. The Morgan fingerprint density at radius 2 is 1.86 bits per heavy atom. The number of amides is 2. The van der Waals surface area contributed by atoms with Crippen LogP contribution in [0.5, 0.6) is 11.5 Å². The first-order valence-corrected chi connectivity index (χ1v) is 9.37. The maximum atomic E-state index is 12.7. The van der Waals surface area contributed by atoms with Gasteiger partial charge in [0.25, 0.3) is 5.91 Å². The van der Waals surface area contributed by atoms with Crippen LogP contribution in [0.15, 0.2) is 49.0 Å². The second kappa shape index (κ2) is 7.38. The number of rotatable bonds is 5. The summed E-state index contributed by atoms with van der Waals surface area (Å²) in [7, 11) is 0. The van der Waals surface area contributed by atoms with Crippen LogP contribution >= 0.6 is 0 Å². The van der Waals surface area contributed by atoms with Gasteiger partial charge in [-0.15, -0.1) is 0 Å². The van der Waals surface area contributed by atoms with Crippen LogP contribution in [-0.4, -0.2) is 36.5 Å². The predicted octanol–water partition coefficient (Wildman–Crippen LogP) is 3.15. The molecule has 0 aliphatic carbocycles. The zero-order valence-corrected chi connectivity index (χ0v) is 15.7. The number of benzene rings is 2. The lowest BCUT2D eigenvalue weighted by atomic mass is 10.0. The molecule has 6 nitrogen and oxygen atoms in total. The number of carbonyl (C=O) groups excluding carboxylic acids is 2. The van der Waals surface area contributed by atoms with E-state index in [1.807, 2.05) is 43.3 Å². The molecule has 2 aliphatic rings. The van der Waals surface area contributed by atoms with Crippen LogP contribution in [0.2, 0.25) is 0 Å². The molecule has 1 atom stereocenters. The normalized spacial score (nSPS) is 16.0. The fourth-order valence-electron chi connectivity index (χ4n) is 3.58. The van der Waals surface area contributed by atoms with E-state index < -0.39 is 0 Å². The van der Waals surface area contributed by atoms with Gasteiger partial charge < -0.3 is 14.8 Å². The molecular weight excluding hydrogens is 356 g/mol. The monoisotopic (exact) mass is 378 g/mol. The molecule has 6 heteroatoms. The van der Waals surface area contributed by atoms with Gasteiger partial charge in [0.15, 0.2) is 11.5 Å². The summed E-state index contributed by atoms with van der Waals surface area (Å²) < 4.78 is 11.2. The molecule has 28 heavy (non-hydrogen) atoms. The van der Waals surface area contributed by atoms with E-state index in [4.69, 9.17) is 9.47 Å². The lowest BCUT2D eigenvalue weighted by molar-refractivity contribution is -0.122. The van der Waals surface area contributed by atoms with Crippen LogP contribution in [-0.2, 0) is 4.79 Å². The highest BCUT2D eigenvalue weighted by Crippen LogP contribution is 2.34. The molecule has 0 aromatic heterocycles. The summed E-state index contributed by atoms with van der Waals surface area (Å²) in [6, 6.07) is 12.8. The van der Waals surface area contributed by atoms with Gasteiger partial charge in [0.1, 0.15) is 19.8 Å². The maximum Gasteiger partial charge on any atom is 0.259 e. The van der Waals surface area contributed by atoms with Crippen molar-refractivity contribution in [1.29, 1.82) is 0 Å². The van der Waals surface area contributed by atoms with E-state index in [0.29, 0.717) is 42.4 Å². The van der Waals surface area contributed by atoms with Crippen molar-refractivity contribution in [2.75, 3.05) is 19.8 Å². The van der Waals surface area contributed by atoms with E-state index >= 15 is 0 Å². The molecule has 2 aromatic carbocycles. The zero-order chi connectivity index (χ0) is 19.7. The lowest BCUT2D eigenvalue weighted by Gasteiger charge is -2.23. The van der Waals surface area contributed by atoms with Gasteiger partial charge in [-0.3, -0.25) is 14.5 Å². The fourth-order valence-corrected chi connectivity index (χ4v) is 3.58. The van der Waals surface area contributed by atoms with Crippen molar-refractivity contribution in [1.82, 2.24) is 10.2 Å². The SMILES string of the molecule is C=C1c2ccccc2C(=O)N1CC(=O)NC(CC)c1ccc2c(c1)OCCO2. The van der Waals surface area contributed by atoms with Crippen molar-refractivity contribution in [3.8, 4) is 11.5 Å². The molecule has 4 rings (SSSR count). The quantitative estimate of drug-likeness (QED) is 0.868. The molecule has 0 saturated heterocycles. The van der Waals surface area contributed by atoms with Crippen LogP contribution in [0.3, 0.4) is 0 Å². The third-order valence-electron chi connectivity index (χ3n) is 5.05. The van der Waals surface area contributed by atoms with Crippen LogP contribution in [0.1, 0.15) is 40.9 Å². The predicted molar refractivity (Wildman–Crippen MR) is 105 cm³/mol. The molecule has 2 amide bonds. The van der Waals surface area contributed by atoms with Crippen LogP contribution < -0.4 is 14.8 Å². The number of nitrogens with zero attached hydrogens (tertiary/aromatic N) is 1. The maximum absolute atomic E-state index is 12.7. The molecule has 0 spiro atoms. The number of hydrogen-bond donors (Lipinski definition) is 1. The third-order valence-corrected chi connectivity index (χ3v) is 5.05. The fraction of sp³-hybridized carbons (Fsp3) is 0.273. The average Bonchev–Trinajstić information content (AvgIpc) is 2.97. The van der Waals surface area contributed by atoms with Crippen molar-refractivity contribution in [2.24, 2.45) is 0 Å². The van der Waals surface area contributed by atoms with Crippen molar-refractivity contribution in [3.63, 3.8) is 0 Å². The highest BCUT2D eigenvalue weighted by molar-refractivity contribution is 6.10. The Hall–Kier alpha value is -3.28. The summed E-state index contributed by atoms with van der Waals surface area (Å²) in [4.78, 5) is 26.7. The molecule has 0 bridgehead atoms. The molecule has 0 saturated carbocycles. The number of fused-ring (bicyclic) bond motifs is 2. The Morgan fingerprint density at radius 3 is 2.57 bits per heavy atom. The van der Waals surface area contributed by atoms with Gasteiger partial charge in [0.2, 0.25) is 5.91 Å². The summed E-state index contributed by atoms with van der Waals surface area (Å²) in [5.41, 5.74) is 2.86. The van der Waals surface area contributed by atoms with E-state index in [-0.39, 0.29) is 24.4 Å². The van der Waals surface area contributed by atoms with Crippen molar-refractivity contribution < 1.29 is 19.1 Å². The van der Waals surface area contributed by atoms with Gasteiger partial charge in [0.05, 0.1) is 6.04 Å². The Morgan fingerprint density at radius 1 is 1.14 bits per heavy atom. The molecular formula is C22H22N2O4. The van der Waals surface area contributed by atoms with E-state index in [1.54, 1.807) is 6.07 Å². The van der Waals surface area contributed by atoms with Crippen molar-refractivity contribution in [2.45, 2.75) is 19.4 Å². The Bertz CT molecular complexity index is 918. The standard InChI is InChI=1S/C22H22N2O4/c1-3-18(15-8-9-19-20(12-15)28-11-10-27-19)23-21(25)13-24-14(2)16-6-4-5-7-17(16)22(24)26/h4-9,12,18H,2-3,10-11,13H2,1H3,(H,23,25). The van der Waals surface area contributed by atoms with Gasteiger partial charge >= 0.3 is 0 Å². The minimum absolute atomic E-state index is 0.0621. The number of nitrogens with one attached hydrogen (secondary N) is 1. The minimum atomic E-state index is -0.232. The molecule has 144 valence electrons. The van der Waals surface area contributed by atoms with Crippen molar-refractivity contribution in [3.05, 3.63) is 65.7 Å². The Balaban J connectivity index is 1.46. The average molecular weight is 378 g/mol. The zero-order valence-electron chi connectivity index (χ0n) is 15.7. The lowest BCUT2D eigenvalue weighted by Crippen LogP contribution is -2.38. The van der Waals surface area contributed by atoms with Crippen molar-refractivity contribution >= 4 is 17.5 Å². The first-order valence-electron chi connectivity index (χ1n) is 9.37. The molecule has 1 N–H and O–H groups in total. The topological polar surface area (TPSA) is 67.9 Å². The summed E-state index contributed by atoms with van der Waals surface area (Å²) in [5, 5.41) is 3.01. The van der Waals surface area contributed by atoms with Gasteiger partial charge in [-0.25, -0.2) is 0 Å². The highest BCUT2D eigenvalue weighted by Gasteiger charge is 2.32. The highest BCUT2D eigenvalue weighted by atomic mass is 16.6. The largest absolute Gasteiger partial charge is 0.486 e. The molecule has 1 unspecified atom stereocenters. The van der Waals surface area contributed by atoms with Gasteiger partial charge in [-0.1, -0.05) is 37.8 Å². The summed E-state index contributed by atoms with van der Waals surface area (Å²) in [6.07, 6.45) is 0.709. The minimum Gasteiger partial charge on any atom is -0.486 e. The second-order valence-corrected chi connectivity index (χ2v) is 6.82.